The summed E-state index contributed by atoms with van der Waals surface area (Å²) in [5.41, 5.74) is 2.90. The maximum atomic E-state index is 12.5. The Morgan fingerprint density at radius 2 is 2.07 bits per heavy atom. The molecule has 0 spiro atoms. The normalized spacial score (nSPS) is 12.0. The molecule has 0 aliphatic heterocycles. The van der Waals surface area contributed by atoms with E-state index >= 15 is 0 Å². The zero-order chi connectivity index (χ0) is 20.3. The van der Waals surface area contributed by atoms with E-state index in [4.69, 9.17) is 35.4 Å². The number of H-pyrrole nitrogens is 1. The third-order valence-electron chi connectivity index (χ3n) is 4.40. The van der Waals surface area contributed by atoms with E-state index in [0.29, 0.717) is 21.4 Å². The fourth-order valence-electron chi connectivity index (χ4n) is 2.99. The number of carbonyl (C=O) groups excluding carboxylic acids is 1. The van der Waals surface area contributed by atoms with Gasteiger partial charge in [0.15, 0.2) is 10.6 Å². The van der Waals surface area contributed by atoms with Crippen LogP contribution in [0.15, 0.2) is 42.5 Å². The first-order valence-electron chi connectivity index (χ1n) is 8.81. The highest BCUT2D eigenvalue weighted by molar-refractivity contribution is 7.71. The van der Waals surface area contributed by atoms with Crippen molar-refractivity contribution in [3.63, 3.8) is 0 Å². The molecular formula is C20H20Cl2N4OS. The molecule has 1 unspecified atom stereocenters. The molecule has 0 radical (unpaired) electrons. The molecule has 3 rings (SSSR count). The number of benzene rings is 2. The summed E-state index contributed by atoms with van der Waals surface area (Å²) >= 11 is 17.5. The molecule has 1 aromatic heterocycles. The van der Waals surface area contributed by atoms with E-state index in [1.807, 2.05) is 48.7 Å². The van der Waals surface area contributed by atoms with Crippen LogP contribution in [0.4, 0.5) is 0 Å². The molecule has 0 aliphatic carbocycles. The van der Waals surface area contributed by atoms with Gasteiger partial charge in [-0.15, -0.1) is 0 Å². The highest BCUT2D eigenvalue weighted by Crippen LogP contribution is 2.26. The van der Waals surface area contributed by atoms with Gasteiger partial charge in [-0.2, -0.15) is 5.10 Å². The highest BCUT2D eigenvalue weighted by atomic mass is 35.5. The Hall–Kier alpha value is -2.15. The first-order chi connectivity index (χ1) is 13.3. The molecule has 0 saturated heterocycles. The molecule has 2 aromatic carbocycles. The number of carbonyl (C=O) groups is 1. The smallest absolute Gasteiger partial charge is 0.222 e. The molecule has 28 heavy (non-hydrogen) atoms. The van der Waals surface area contributed by atoms with Crippen molar-refractivity contribution in [3.05, 3.63) is 68.4 Å². The van der Waals surface area contributed by atoms with Gasteiger partial charge in [0.1, 0.15) is 0 Å². The Labute approximate surface area is 178 Å². The minimum absolute atomic E-state index is 0.100. The zero-order valence-electron chi connectivity index (χ0n) is 15.5. The predicted molar refractivity (Wildman–Crippen MR) is 115 cm³/mol. The highest BCUT2D eigenvalue weighted by Gasteiger charge is 2.15. The van der Waals surface area contributed by atoms with Crippen molar-refractivity contribution >= 4 is 41.3 Å². The lowest BCUT2D eigenvalue weighted by Crippen LogP contribution is -2.27. The Morgan fingerprint density at radius 3 is 2.79 bits per heavy atom. The summed E-state index contributed by atoms with van der Waals surface area (Å²) < 4.78 is 2.32. The molecule has 1 amide bonds. The second-order valence-corrected chi connectivity index (χ2v) is 7.81. The quantitative estimate of drug-likeness (QED) is 0.504. The lowest BCUT2D eigenvalue weighted by molar-refractivity contribution is -0.121. The van der Waals surface area contributed by atoms with Crippen LogP contribution in [0.25, 0.3) is 11.4 Å². The van der Waals surface area contributed by atoms with Gasteiger partial charge >= 0.3 is 0 Å². The van der Waals surface area contributed by atoms with Gasteiger partial charge in [-0.25, -0.2) is 0 Å². The molecule has 146 valence electrons. The number of nitrogens with one attached hydrogen (secondary N) is 2. The molecule has 3 aromatic rings. The van der Waals surface area contributed by atoms with Gasteiger partial charge in [-0.3, -0.25) is 14.5 Å². The summed E-state index contributed by atoms with van der Waals surface area (Å²) in [4.78, 5) is 12.5. The summed E-state index contributed by atoms with van der Waals surface area (Å²) in [5.74, 6) is 0.618. The van der Waals surface area contributed by atoms with Crippen LogP contribution in [-0.4, -0.2) is 20.7 Å². The van der Waals surface area contributed by atoms with E-state index in [0.717, 1.165) is 22.5 Å². The largest absolute Gasteiger partial charge is 0.349 e. The predicted octanol–water partition coefficient (Wildman–Crippen LogP) is 5.49. The van der Waals surface area contributed by atoms with Crippen LogP contribution in [0, 0.1) is 11.7 Å². The Morgan fingerprint density at radius 1 is 1.29 bits per heavy atom. The van der Waals surface area contributed by atoms with E-state index < -0.39 is 0 Å². The van der Waals surface area contributed by atoms with E-state index in [2.05, 4.69) is 15.5 Å². The SMILES string of the molecule is Cc1cccc(-c2n[nH]c(=S)n2CCC(=O)NC(C)c2ccc(Cl)cc2Cl)c1. The van der Waals surface area contributed by atoms with Crippen molar-refractivity contribution in [2.45, 2.75) is 32.9 Å². The van der Waals surface area contributed by atoms with Gasteiger partial charge in [0.25, 0.3) is 0 Å². The maximum Gasteiger partial charge on any atom is 0.222 e. The maximum absolute atomic E-state index is 12.5. The monoisotopic (exact) mass is 434 g/mol. The fourth-order valence-corrected chi connectivity index (χ4v) is 3.78. The van der Waals surface area contributed by atoms with E-state index in [9.17, 15) is 4.79 Å². The minimum Gasteiger partial charge on any atom is -0.349 e. The average molecular weight is 435 g/mol. The van der Waals surface area contributed by atoms with E-state index in [-0.39, 0.29) is 18.4 Å². The summed E-state index contributed by atoms with van der Waals surface area (Å²) in [6.45, 7) is 4.33. The third kappa shape index (κ3) is 4.82. The number of halogens is 2. The summed E-state index contributed by atoms with van der Waals surface area (Å²) in [6.07, 6.45) is 0.266. The molecule has 8 heteroatoms. The van der Waals surface area contributed by atoms with Crippen LogP contribution in [0.3, 0.4) is 0 Å². The van der Waals surface area contributed by atoms with Crippen molar-refractivity contribution < 1.29 is 4.79 Å². The standard InChI is InChI=1S/C20H20Cl2N4OS/c1-12-4-3-5-14(10-12)19-24-25-20(28)26(19)9-8-18(27)23-13(2)16-7-6-15(21)11-17(16)22/h3-7,10-11,13H,8-9H2,1-2H3,(H,23,27)(H,25,28). The van der Waals surface area contributed by atoms with Gasteiger partial charge < -0.3 is 5.32 Å². The van der Waals surface area contributed by atoms with Gasteiger partial charge in [-0.05, 0) is 49.8 Å². The molecular weight excluding hydrogens is 415 g/mol. The molecule has 0 aliphatic rings. The molecule has 5 nitrogen and oxygen atoms in total. The van der Waals surface area contributed by atoms with Crippen LogP contribution in [0.2, 0.25) is 10.0 Å². The van der Waals surface area contributed by atoms with Crippen LogP contribution >= 0.6 is 35.4 Å². The van der Waals surface area contributed by atoms with Gasteiger partial charge in [0.05, 0.1) is 6.04 Å². The summed E-state index contributed by atoms with van der Waals surface area (Å²) in [7, 11) is 0. The number of hydrogen-bond donors (Lipinski definition) is 2. The molecule has 1 atom stereocenters. The molecule has 0 saturated carbocycles. The minimum atomic E-state index is -0.231. The number of aromatic nitrogens is 3. The first kappa shape index (κ1) is 20.6. The third-order valence-corrected chi connectivity index (χ3v) is 5.28. The second-order valence-electron chi connectivity index (χ2n) is 6.58. The first-order valence-corrected chi connectivity index (χ1v) is 9.98. The van der Waals surface area contributed by atoms with Gasteiger partial charge in [0, 0.05) is 28.6 Å². The van der Waals surface area contributed by atoms with E-state index in [1.165, 1.54) is 0 Å². The van der Waals surface area contributed by atoms with Crippen LogP contribution in [0.1, 0.15) is 30.5 Å². The molecule has 0 bridgehead atoms. The number of hydrogen-bond acceptors (Lipinski definition) is 3. The summed E-state index contributed by atoms with van der Waals surface area (Å²) in [5, 5.41) is 11.2. The topological polar surface area (TPSA) is 62.7 Å². The lowest BCUT2D eigenvalue weighted by atomic mass is 10.1. The Balaban J connectivity index is 1.68. The van der Waals surface area contributed by atoms with Crippen molar-refractivity contribution in [1.29, 1.82) is 0 Å². The van der Waals surface area contributed by atoms with Crippen molar-refractivity contribution in [2.24, 2.45) is 0 Å². The fraction of sp³-hybridized carbons (Fsp3) is 0.250. The average Bonchev–Trinajstić information content (AvgIpc) is 3.00. The van der Waals surface area contributed by atoms with E-state index in [1.54, 1.807) is 12.1 Å². The summed E-state index contributed by atoms with van der Waals surface area (Å²) in [6, 6.07) is 13.0. The van der Waals surface area contributed by atoms with Gasteiger partial charge in [0.2, 0.25) is 5.91 Å². The second kappa shape index (κ2) is 8.90. The number of aromatic amines is 1. The lowest BCUT2D eigenvalue weighted by Gasteiger charge is -2.16. The van der Waals surface area contributed by atoms with Crippen molar-refractivity contribution in [2.75, 3.05) is 0 Å². The van der Waals surface area contributed by atoms with Crippen molar-refractivity contribution in [1.82, 2.24) is 20.1 Å². The number of rotatable bonds is 6. The Kier molecular flexibility index (Phi) is 6.54. The van der Waals surface area contributed by atoms with Crippen LogP contribution in [0.5, 0.6) is 0 Å². The number of nitrogens with zero attached hydrogens (tertiary/aromatic N) is 2. The molecule has 2 N–H and O–H groups in total. The molecule has 0 fully saturated rings. The van der Waals surface area contributed by atoms with Crippen LogP contribution in [-0.2, 0) is 11.3 Å². The van der Waals surface area contributed by atoms with Crippen LogP contribution < -0.4 is 5.32 Å². The zero-order valence-corrected chi connectivity index (χ0v) is 17.8. The number of aryl methyl sites for hydroxylation is 1. The van der Waals surface area contributed by atoms with Crippen molar-refractivity contribution in [3.8, 4) is 11.4 Å². The molecule has 1 heterocycles. The van der Waals surface area contributed by atoms with Gasteiger partial charge in [-0.1, -0.05) is 53.0 Å². The number of amides is 1. The Bertz CT molecular complexity index is 1060.